The minimum absolute atomic E-state index is 0.116. The number of aromatic amines is 1. The van der Waals surface area contributed by atoms with Crippen molar-refractivity contribution in [3.05, 3.63) is 17.5 Å². The van der Waals surface area contributed by atoms with Crippen LogP contribution in [0, 0.1) is 0 Å². The van der Waals surface area contributed by atoms with E-state index in [1.807, 2.05) is 6.92 Å². The molecule has 1 unspecified atom stereocenters. The van der Waals surface area contributed by atoms with Gasteiger partial charge in [0.1, 0.15) is 5.69 Å². The third-order valence-corrected chi connectivity index (χ3v) is 1.62. The quantitative estimate of drug-likeness (QED) is 0.663. The second-order valence-electron chi connectivity index (χ2n) is 2.79. The van der Waals surface area contributed by atoms with Crippen LogP contribution < -0.4 is 5.32 Å². The van der Waals surface area contributed by atoms with E-state index in [-0.39, 0.29) is 11.9 Å². The zero-order valence-corrected chi connectivity index (χ0v) is 7.50. The minimum Gasteiger partial charge on any atom is -0.348 e. The average molecular weight is 181 g/mol. The molecule has 2 N–H and O–H groups in total. The molecular weight excluding hydrogens is 170 g/mol. The lowest BCUT2D eigenvalue weighted by Gasteiger charge is -2.08. The second-order valence-corrected chi connectivity index (χ2v) is 2.79. The molecule has 0 saturated heterocycles. The molecular formula is C8H11N3O2. The number of hydrogen-bond acceptors (Lipinski definition) is 3. The SMILES string of the molecule is CC(=O)NC(C)c1cc(C=O)n[nH]1. The van der Waals surface area contributed by atoms with Gasteiger partial charge in [-0.2, -0.15) is 5.10 Å². The molecule has 5 nitrogen and oxygen atoms in total. The summed E-state index contributed by atoms with van der Waals surface area (Å²) in [4.78, 5) is 21.0. The molecule has 1 aromatic rings. The first-order valence-corrected chi connectivity index (χ1v) is 3.91. The lowest BCUT2D eigenvalue weighted by atomic mass is 10.2. The lowest BCUT2D eigenvalue weighted by molar-refractivity contribution is -0.119. The summed E-state index contributed by atoms with van der Waals surface area (Å²) in [6.07, 6.45) is 0.653. The Balaban J connectivity index is 2.70. The Morgan fingerprint density at radius 2 is 2.46 bits per heavy atom. The van der Waals surface area contributed by atoms with E-state index in [4.69, 9.17) is 0 Å². The molecule has 0 aliphatic carbocycles. The maximum atomic E-state index is 10.7. The van der Waals surface area contributed by atoms with Crippen molar-refractivity contribution in [2.45, 2.75) is 19.9 Å². The summed E-state index contributed by atoms with van der Waals surface area (Å²) >= 11 is 0. The molecule has 13 heavy (non-hydrogen) atoms. The largest absolute Gasteiger partial charge is 0.348 e. The molecule has 70 valence electrons. The fourth-order valence-corrected chi connectivity index (χ4v) is 1.02. The van der Waals surface area contributed by atoms with Gasteiger partial charge in [0.05, 0.1) is 11.7 Å². The van der Waals surface area contributed by atoms with Gasteiger partial charge in [0, 0.05) is 6.92 Å². The van der Waals surface area contributed by atoms with Gasteiger partial charge < -0.3 is 5.32 Å². The van der Waals surface area contributed by atoms with Gasteiger partial charge >= 0.3 is 0 Å². The van der Waals surface area contributed by atoms with Crippen molar-refractivity contribution in [2.24, 2.45) is 0 Å². The summed E-state index contributed by atoms with van der Waals surface area (Å²) in [5, 5.41) is 9.05. The molecule has 0 aliphatic rings. The molecule has 1 heterocycles. The Hall–Kier alpha value is -1.65. The smallest absolute Gasteiger partial charge is 0.217 e. The average Bonchev–Trinajstić information content (AvgIpc) is 2.50. The number of hydrogen-bond donors (Lipinski definition) is 2. The van der Waals surface area contributed by atoms with E-state index in [2.05, 4.69) is 15.5 Å². The second kappa shape index (κ2) is 3.84. The molecule has 0 radical (unpaired) electrons. The molecule has 1 amide bonds. The van der Waals surface area contributed by atoms with Gasteiger partial charge in [0.15, 0.2) is 6.29 Å². The summed E-state index contributed by atoms with van der Waals surface area (Å²) in [6.45, 7) is 3.25. The highest BCUT2D eigenvalue weighted by Crippen LogP contribution is 2.08. The van der Waals surface area contributed by atoms with Crippen molar-refractivity contribution in [2.75, 3.05) is 0 Å². The number of aromatic nitrogens is 2. The molecule has 1 atom stereocenters. The van der Waals surface area contributed by atoms with Gasteiger partial charge in [-0.1, -0.05) is 0 Å². The van der Waals surface area contributed by atoms with Gasteiger partial charge in [0.2, 0.25) is 5.91 Å². The van der Waals surface area contributed by atoms with Crippen LogP contribution in [0.5, 0.6) is 0 Å². The highest BCUT2D eigenvalue weighted by Gasteiger charge is 2.09. The monoisotopic (exact) mass is 181 g/mol. The predicted molar refractivity (Wildman–Crippen MR) is 46.2 cm³/mol. The van der Waals surface area contributed by atoms with E-state index in [1.54, 1.807) is 6.07 Å². The molecule has 0 spiro atoms. The van der Waals surface area contributed by atoms with Crippen LogP contribution in [0.15, 0.2) is 6.07 Å². The molecule has 1 aromatic heterocycles. The maximum Gasteiger partial charge on any atom is 0.217 e. The highest BCUT2D eigenvalue weighted by molar-refractivity contribution is 5.74. The van der Waals surface area contributed by atoms with Crippen LogP contribution >= 0.6 is 0 Å². The van der Waals surface area contributed by atoms with E-state index >= 15 is 0 Å². The number of H-pyrrole nitrogens is 1. The number of carbonyl (C=O) groups is 2. The normalized spacial score (nSPS) is 12.2. The van der Waals surface area contributed by atoms with Crippen molar-refractivity contribution < 1.29 is 9.59 Å². The Kier molecular flexibility index (Phi) is 2.79. The van der Waals surface area contributed by atoms with E-state index in [1.165, 1.54) is 6.92 Å². The molecule has 0 aliphatic heterocycles. The van der Waals surface area contributed by atoms with Crippen molar-refractivity contribution >= 4 is 12.2 Å². The Labute approximate surface area is 75.5 Å². The highest BCUT2D eigenvalue weighted by atomic mass is 16.1. The van der Waals surface area contributed by atoms with Gasteiger partial charge in [0.25, 0.3) is 0 Å². The number of carbonyl (C=O) groups excluding carboxylic acids is 2. The van der Waals surface area contributed by atoms with Gasteiger partial charge in [-0.05, 0) is 13.0 Å². The van der Waals surface area contributed by atoms with Gasteiger partial charge in [-0.3, -0.25) is 14.7 Å². The van der Waals surface area contributed by atoms with E-state index < -0.39 is 0 Å². The van der Waals surface area contributed by atoms with E-state index in [0.717, 1.165) is 5.69 Å². The van der Waals surface area contributed by atoms with Crippen LogP contribution in [0.25, 0.3) is 0 Å². The van der Waals surface area contributed by atoms with Crippen molar-refractivity contribution in [3.8, 4) is 0 Å². The number of aldehydes is 1. The number of amides is 1. The predicted octanol–water partition coefficient (Wildman–Crippen LogP) is 0.419. The molecule has 0 saturated carbocycles. The fourth-order valence-electron chi connectivity index (χ4n) is 1.02. The Bertz CT molecular complexity index is 319. The van der Waals surface area contributed by atoms with Crippen LogP contribution in [0.3, 0.4) is 0 Å². The van der Waals surface area contributed by atoms with Gasteiger partial charge in [-0.25, -0.2) is 0 Å². The molecule has 0 aromatic carbocycles. The first-order valence-electron chi connectivity index (χ1n) is 3.91. The zero-order valence-electron chi connectivity index (χ0n) is 7.50. The fraction of sp³-hybridized carbons (Fsp3) is 0.375. The lowest BCUT2D eigenvalue weighted by Crippen LogP contribution is -2.23. The summed E-state index contributed by atoms with van der Waals surface area (Å²) < 4.78 is 0. The summed E-state index contributed by atoms with van der Waals surface area (Å²) in [5.74, 6) is -0.116. The molecule has 5 heteroatoms. The van der Waals surface area contributed by atoms with E-state index in [0.29, 0.717) is 12.0 Å². The standard InChI is InChI=1S/C8H11N3O2/c1-5(9-6(2)13)8-3-7(4-12)10-11-8/h3-5H,1-2H3,(H,9,13)(H,10,11). The molecule has 1 rings (SSSR count). The zero-order chi connectivity index (χ0) is 9.84. The van der Waals surface area contributed by atoms with Crippen LogP contribution in [0.4, 0.5) is 0 Å². The van der Waals surface area contributed by atoms with Crippen LogP contribution in [0.2, 0.25) is 0 Å². The minimum atomic E-state index is -0.154. The molecule has 0 fully saturated rings. The first-order chi connectivity index (χ1) is 6.13. The van der Waals surface area contributed by atoms with Crippen LogP contribution in [-0.2, 0) is 4.79 Å². The van der Waals surface area contributed by atoms with Gasteiger partial charge in [-0.15, -0.1) is 0 Å². The first kappa shape index (κ1) is 9.44. The Morgan fingerprint density at radius 3 is 2.92 bits per heavy atom. The van der Waals surface area contributed by atoms with Crippen LogP contribution in [-0.4, -0.2) is 22.4 Å². The maximum absolute atomic E-state index is 10.7. The third-order valence-electron chi connectivity index (χ3n) is 1.62. The summed E-state index contributed by atoms with van der Waals surface area (Å²) in [7, 11) is 0. The summed E-state index contributed by atoms with van der Waals surface area (Å²) in [5.41, 5.74) is 1.06. The number of nitrogens with one attached hydrogen (secondary N) is 2. The molecule has 0 bridgehead atoms. The van der Waals surface area contributed by atoms with Crippen molar-refractivity contribution in [3.63, 3.8) is 0 Å². The van der Waals surface area contributed by atoms with Crippen molar-refractivity contribution in [1.29, 1.82) is 0 Å². The summed E-state index contributed by atoms with van der Waals surface area (Å²) in [6, 6.07) is 1.45. The van der Waals surface area contributed by atoms with E-state index in [9.17, 15) is 9.59 Å². The van der Waals surface area contributed by atoms with Crippen LogP contribution in [0.1, 0.15) is 36.1 Å². The topological polar surface area (TPSA) is 74.8 Å². The van der Waals surface area contributed by atoms with Crippen molar-refractivity contribution in [1.82, 2.24) is 15.5 Å². The third kappa shape index (κ3) is 2.40. The number of rotatable bonds is 3. The Morgan fingerprint density at radius 1 is 1.77 bits per heavy atom. The number of nitrogens with zero attached hydrogens (tertiary/aromatic N) is 1.